The summed E-state index contributed by atoms with van der Waals surface area (Å²) in [6.07, 6.45) is 8.14. The van der Waals surface area contributed by atoms with E-state index in [9.17, 15) is 0 Å². The molecule has 1 aliphatic heterocycles. The molecule has 0 atom stereocenters. The van der Waals surface area contributed by atoms with Gasteiger partial charge < -0.3 is 4.42 Å². The Morgan fingerprint density at radius 1 is 1.12 bits per heavy atom. The molecule has 0 N–H and O–H groups in total. The van der Waals surface area contributed by atoms with Gasteiger partial charge in [-0.2, -0.15) is 0 Å². The number of halogens is 1. The monoisotopic (exact) mass is 297 g/mol. The summed E-state index contributed by atoms with van der Waals surface area (Å²) in [5.41, 5.74) is 1.40. The molecule has 1 fully saturated rings. The van der Waals surface area contributed by atoms with Crippen LogP contribution in [0.5, 0.6) is 0 Å². The number of fused-ring (bicyclic) bond motifs is 1. The van der Waals surface area contributed by atoms with Gasteiger partial charge in [0.25, 0.3) is 0 Å². The minimum atomic E-state index is 0.655. The highest BCUT2D eigenvalue weighted by Crippen LogP contribution is 2.42. The van der Waals surface area contributed by atoms with Gasteiger partial charge in [-0.3, -0.25) is 4.90 Å². The standard InChI is InChI=1S/C14H20BrNO/c1-16-8-11-12(9-16)17-14(13(11)15)10-6-4-2-3-5-7-10/h10H,2-9H2,1H3. The highest BCUT2D eigenvalue weighted by atomic mass is 79.9. The van der Waals surface area contributed by atoms with Gasteiger partial charge in [-0.15, -0.1) is 0 Å². The van der Waals surface area contributed by atoms with Gasteiger partial charge in [-0.1, -0.05) is 25.7 Å². The SMILES string of the molecule is CN1Cc2oc(C3CCCCCC3)c(Br)c2C1. The van der Waals surface area contributed by atoms with E-state index in [1.807, 2.05) is 0 Å². The topological polar surface area (TPSA) is 16.4 Å². The second kappa shape index (κ2) is 4.77. The van der Waals surface area contributed by atoms with Crippen LogP contribution in [0.15, 0.2) is 8.89 Å². The molecule has 0 radical (unpaired) electrons. The van der Waals surface area contributed by atoms with Crippen molar-refractivity contribution in [3.05, 3.63) is 21.6 Å². The minimum absolute atomic E-state index is 0.655. The maximum Gasteiger partial charge on any atom is 0.123 e. The number of nitrogens with zero attached hydrogens (tertiary/aromatic N) is 1. The van der Waals surface area contributed by atoms with Crippen LogP contribution in [0.1, 0.15) is 61.5 Å². The Kier molecular flexibility index (Phi) is 3.31. The van der Waals surface area contributed by atoms with Crippen molar-refractivity contribution in [1.82, 2.24) is 4.90 Å². The van der Waals surface area contributed by atoms with Crippen LogP contribution in [0, 0.1) is 0 Å². The number of hydrogen-bond acceptors (Lipinski definition) is 2. The van der Waals surface area contributed by atoms with Crippen molar-refractivity contribution >= 4 is 15.9 Å². The zero-order valence-electron chi connectivity index (χ0n) is 10.5. The van der Waals surface area contributed by atoms with E-state index < -0.39 is 0 Å². The maximum absolute atomic E-state index is 6.13. The van der Waals surface area contributed by atoms with Gasteiger partial charge in [0.2, 0.25) is 0 Å². The molecule has 0 bridgehead atoms. The lowest BCUT2D eigenvalue weighted by Gasteiger charge is -2.13. The number of furan rings is 1. The van der Waals surface area contributed by atoms with Crippen LogP contribution < -0.4 is 0 Å². The molecule has 0 unspecified atom stereocenters. The fraction of sp³-hybridized carbons (Fsp3) is 0.714. The maximum atomic E-state index is 6.13. The second-order valence-electron chi connectivity index (χ2n) is 5.54. The van der Waals surface area contributed by atoms with E-state index in [-0.39, 0.29) is 0 Å². The minimum Gasteiger partial charge on any atom is -0.463 e. The quantitative estimate of drug-likeness (QED) is 0.713. The van der Waals surface area contributed by atoms with E-state index in [2.05, 4.69) is 27.9 Å². The summed E-state index contributed by atoms with van der Waals surface area (Å²) < 4.78 is 7.40. The molecule has 2 nitrogen and oxygen atoms in total. The largest absolute Gasteiger partial charge is 0.463 e. The molecule has 2 heterocycles. The van der Waals surface area contributed by atoms with Crippen molar-refractivity contribution in [2.24, 2.45) is 0 Å². The van der Waals surface area contributed by atoms with Crippen LogP contribution in [0.2, 0.25) is 0 Å². The molecule has 2 aliphatic rings. The molecular formula is C14H20BrNO. The molecule has 0 spiro atoms. The Morgan fingerprint density at radius 2 is 1.82 bits per heavy atom. The van der Waals surface area contributed by atoms with Gasteiger partial charge in [-0.25, -0.2) is 0 Å². The molecule has 1 aromatic rings. The van der Waals surface area contributed by atoms with Crippen molar-refractivity contribution in [2.45, 2.75) is 57.5 Å². The molecular weight excluding hydrogens is 278 g/mol. The average molecular weight is 298 g/mol. The molecule has 3 rings (SSSR count). The molecule has 1 aromatic heterocycles. The fourth-order valence-electron chi connectivity index (χ4n) is 3.17. The Bertz CT molecular complexity index is 405. The molecule has 3 heteroatoms. The Balaban J connectivity index is 1.86. The highest BCUT2D eigenvalue weighted by Gasteiger charge is 2.29. The number of rotatable bonds is 1. The van der Waals surface area contributed by atoms with Crippen LogP contribution >= 0.6 is 15.9 Å². The van der Waals surface area contributed by atoms with Gasteiger partial charge >= 0.3 is 0 Å². The molecule has 94 valence electrons. The van der Waals surface area contributed by atoms with E-state index in [1.54, 1.807) is 0 Å². The highest BCUT2D eigenvalue weighted by molar-refractivity contribution is 9.10. The summed E-state index contributed by atoms with van der Waals surface area (Å²) in [5.74, 6) is 3.09. The Morgan fingerprint density at radius 3 is 2.47 bits per heavy atom. The van der Waals surface area contributed by atoms with Gasteiger partial charge in [0.05, 0.1) is 11.0 Å². The zero-order chi connectivity index (χ0) is 11.8. The van der Waals surface area contributed by atoms with E-state index >= 15 is 0 Å². The zero-order valence-corrected chi connectivity index (χ0v) is 12.1. The van der Waals surface area contributed by atoms with Crippen molar-refractivity contribution in [3.8, 4) is 0 Å². The average Bonchev–Trinajstić information content (AvgIpc) is 2.68. The summed E-state index contributed by atoms with van der Waals surface area (Å²) in [4.78, 5) is 2.30. The molecule has 0 saturated heterocycles. The first kappa shape index (κ1) is 11.8. The normalized spacial score (nSPS) is 22.7. The van der Waals surface area contributed by atoms with Crippen molar-refractivity contribution in [2.75, 3.05) is 7.05 Å². The summed E-state index contributed by atoms with van der Waals surface area (Å²) in [5, 5.41) is 0. The van der Waals surface area contributed by atoms with E-state index in [0.29, 0.717) is 5.92 Å². The third-order valence-corrected chi connectivity index (χ3v) is 4.99. The molecule has 1 saturated carbocycles. The van der Waals surface area contributed by atoms with Crippen molar-refractivity contribution in [3.63, 3.8) is 0 Å². The van der Waals surface area contributed by atoms with Crippen LogP contribution in [0.4, 0.5) is 0 Å². The molecule has 1 aliphatic carbocycles. The first-order chi connectivity index (χ1) is 8.25. The lowest BCUT2D eigenvalue weighted by Crippen LogP contribution is -2.09. The predicted octanol–water partition coefficient (Wildman–Crippen LogP) is 4.43. The predicted molar refractivity (Wildman–Crippen MR) is 72.0 cm³/mol. The molecule has 0 aromatic carbocycles. The van der Waals surface area contributed by atoms with Crippen LogP contribution in [0.3, 0.4) is 0 Å². The summed E-state index contributed by atoms with van der Waals surface area (Å²) in [6, 6.07) is 0. The van der Waals surface area contributed by atoms with E-state index in [0.717, 1.165) is 13.1 Å². The first-order valence-electron chi connectivity index (χ1n) is 6.74. The third-order valence-electron chi connectivity index (χ3n) is 4.12. The Labute approximate surface area is 111 Å². The lowest BCUT2D eigenvalue weighted by molar-refractivity contribution is 0.313. The van der Waals surface area contributed by atoms with Gasteiger partial charge in [0.15, 0.2) is 0 Å². The number of hydrogen-bond donors (Lipinski definition) is 0. The summed E-state index contributed by atoms with van der Waals surface area (Å²) in [6.45, 7) is 2.01. The van der Waals surface area contributed by atoms with E-state index in [4.69, 9.17) is 4.42 Å². The summed E-state index contributed by atoms with van der Waals surface area (Å²) >= 11 is 3.77. The summed E-state index contributed by atoms with van der Waals surface area (Å²) in [7, 11) is 2.15. The van der Waals surface area contributed by atoms with Gasteiger partial charge in [0.1, 0.15) is 11.5 Å². The van der Waals surface area contributed by atoms with Crippen LogP contribution in [-0.4, -0.2) is 11.9 Å². The third kappa shape index (κ3) is 2.19. The van der Waals surface area contributed by atoms with Crippen LogP contribution in [0.25, 0.3) is 0 Å². The van der Waals surface area contributed by atoms with Crippen molar-refractivity contribution in [1.29, 1.82) is 0 Å². The lowest BCUT2D eigenvalue weighted by atomic mass is 9.97. The molecule has 17 heavy (non-hydrogen) atoms. The smallest absolute Gasteiger partial charge is 0.123 e. The van der Waals surface area contributed by atoms with Gasteiger partial charge in [0, 0.05) is 18.0 Å². The first-order valence-corrected chi connectivity index (χ1v) is 7.53. The fourth-order valence-corrected chi connectivity index (χ4v) is 3.92. The van der Waals surface area contributed by atoms with Gasteiger partial charge in [-0.05, 0) is 35.8 Å². The Hall–Kier alpha value is -0.280. The van der Waals surface area contributed by atoms with E-state index in [1.165, 1.54) is 60.1 Å². The van der Waals surface area contributed by atoms with Crippen molar-refractivity contribution < 1.29 is 4.42 Å². The second-order valence-corrected chi connectivity index (χ2v) is 6.34. The van der Waals surface area contributed by atoms with Crippen LogP contribution in [-0.2, 0) is 13.1 Å². The molecule has 0 amide bonds.